The lowest BCUT2D eigenvalue weighted by molar-refractivity contribution is -0.113. The summed E-state index contributed by atoms with van der Waals surface area (Å²) in [6.45, 7) is 0.285. The standard InChI is InChI=1S/C23H14Cl3NO3S/c24-16-4-1-3-14(9-16)13-30-20-8-7-18(26)10-15(20)11-21-22(28)27(23(29)31-21)19-6-2-5-17(25)12-19/h1-12H,13H2/b21-11-. The number of nitrogens with zero attached hydrogens (tertiary/aromatic N) is 1. The second-order valence-corrected chi connectivity index (χ2v) is 8.90. The Balaban J connectivity index is 1.61. The average Bonchev–Trinajstić information content (AvgIpc) is 3.00. The molecule has 1 aliphatic rings. The number of halogens is 3. The summed E-state index contributed by atoms with van der Waals surface area (Å²) in [6.07, 6.45) is 1.61. The van der Waals surface area contributed by atoms with E-state index in [0.29, 0.717) is 32.1 Å². The lowest BCUT2D eigenvalue weighted by atomic mass is 10.1. The first-order valence-corrected chi connectivity index (χ1v) is 11.1. The van der Waals surface area contributed by atoms with E-state index in [1.54, 1.807) is 54.6 Å². The van der Waals surface area contributed by atoms with E-state index in [2.05, 4.69) is 0 Å². The van der Waals surface area contributed by atoms with Gasteiger partial charge in [0.25, 0.3) is 11.1 Å². The molecule has 0 saturated carbocycles. The zero-order valence-electron chi connectivity index (χ0n) is 15.8. The summed E-state index contributed by atoms with van der Waals surface area (Å²) in [6, 6.07) is 19.0. The Hall–Kier alpha value is -2.44. The Morgan fingerprint density at radius 3 is 2.32 bits per heavy atom. The molecule has 1 fully saturated rings. The molecule has 0 unspecified atom stereocenters. The van der Waals surface area contributed by atoms with Crippen molar-refractivity contribution in [3.8, 4) is 5.75 Å². The molecule has 0 bridgehead atoms. The van der Waals surface area contributed by atoms with E-state index in [4.69, 9.17) is 39.5 Å². The molecule has 4 rings (SSSR count). The SMILES string of the molecule is O=C1S/C(=C\c2cc(Cl)ccc2OCc2cccc(Cl)c2)C(=O)N1c1cccc(Cl)c1. The minimum atomic E-state index is -0.432. The summed E-state index contributed by atoms with van der Waals surface area (Å²) in [5.74, 6) is 0.0944. The van der Waals surface area contributed by atoms with Crippen LogP contribution in [-0.2, 0) is 11.4 Å². The average molecular weight is 491 g/mol. The monoisotopic (exact) mass is 489 g/mol. The van der Waals surface area contributed by atoms with Gasteiger partial charge in [-0.2, -0.15) is 0 Å². The van der Waals surface area contributed by atoms with Crippen molar-refractivity contribution < 1.29 is 14.3 Å². The van der Waals surface area contributed by atoms with E-state index < -0.39 is 11.1 Å². The smallest absolute Gasteiger partial charge is 0.298 e. The fourth-order valence-corrected chi connectivity index (χ4v) is 4.41. The van der Waals surface area contributed by atoms with Gasteiger partial charge in [-0.15, -0.1) is 0 Å². The lowest BCUT2D eigenvalue weighted by Crippen LogP contribution is -2.27. The molecule has 0 spiro atoms. The number of amides is 2. The summed E-state index contributed by atoms with van der Waals surface area (Å²) in [7, 11) is 0. The van der Waals surface area contributed by atoms with E-state index in [9.17, 15) is 9.59 Å². The van der Waals surface area contributed by atoms with E-state index in [-0.39, 0.29) is 11.5 Å². The number of anilines is 1. The number of imide groups is 1. The molecule has 1 saturated heterocycles. The van der Waals surface area contributed by atoms with Crippen LogP contribution in [0.2, 0.25) is 15.1 Å². The number of carbonyl (C=O) groups is 2. The molecule has 0 N–H and O–H groups in total. The zero-order valence-corrected chi connectivity index (χ0v) is 18.9. The van der Waals surface area contributed by atoms with Crippen LogP contribution in [0.3, 0.4) is 0 Å². The van der Waals surface area contributed by atoms with Gasteiger partial charge in [-0.3, -0.25) is 9.59 Å². The van der Waals surface area contributed by atoms with Gasteiger partial charge >= 0.3 is 0 Å². The number of benzene rings is 3. The highest BCUT2D eigenvalue weighted by Crippen LogP contribution is 2.38. The molecule has 0 aliphatic carbocycles. The molecule has 3 aromatic carbocycles. The minimum absolute atomic E-state index is 0.264. The van der Waals surface area contributed by atoms with Crippen LogP contribution in [0.1, 0.15) is 11.1 Å². The topological polar surface area (TPSA) is 46.6 Å². The first-order chi connectivity index (χ1) is 14.9. The van der Waals surface area contributed by atoms with Gasteiger partial charge in [0.05, 0.1) is 10.6 Å². The predicted octanol–water partition coefficient (Wildman–Crippen LogP) is 7.47. The maximum atomic E-state index is 12.9. The van der Waals surface area contributed by atoms with Crippen LogP contribution in [0.5, 0.6) is 5.75 Å². The third-order valence-electron chi connectivity index (χ3n) is 4.40. The molecular weight excluding hydrogens is 477 g/mol. The van der Waals surface area contributed by atoms with Crippen LogP contribution in [0.15, 0.2) is 71.6 Å². The van der Waals surface area contributed by atoms with Crippen LogP contribution >= 0.6 is 46.6 Å². The molecule has 3 aromatic rings. The van der Waals surface area contributed by atoms with Crippen molar-refractivity contribution in [2.75, 3.05) is 4.90 Å². The van der Waals surface area contributed by atoms with Crippen molar-refractivity contribution in [3.63, 3.8) is 0 Å². The molecule has 0 radical (unpaired) electrons. The number of rotatable bonds is 5. The van der Waals surface area contributed by atoms with E-state index in [1.165, 1.54) is 0 Å². The molecule has 0 aromatic heterocycles. The summed E-state index contributed by atoms with van der Waals surface area (Å²) in [5.41, 5.74) is 1.91. The number of carbonyl (C=O) groups excluding carboxylic acids is 2. The highest BCUT2D eigenvalue weighted by atomic mass is 35.5. The van der Waals surface area contributed by atoms with Crippen LogP contribution < -0.4 is 9.64 Å². The predicted molar refractivity (Wildman–Crippen MR) is 127 cm³/mol. The maximum absolute atomic E-state index is 12.9. The number of hydrogen-bond donors (Lipinski definition) is 0. The Morgan fingerprint density at radius 1 is 0.871 bits per heavy atom. The normalized spacial score (nSPS) is 15.1. The van der Waals surface area contributed by atoms with E-state index in [0.717, 1.165) is 22.2 Å². The summed E-state index contributed by atoms with van der Waals surface area (Å²) in [5, 5.41) is 1.14. The molecule has 2 amide bonds. The summed E-state index contributed by atoms with van der Waals surface area (Å²) < 4.78 is 5.93. The first-order valence-electron chi connectivity index (χ1n) is 9.11. The largest absolute Gasteiger partial charge is 0.488 e. The summed E-state index contributed by atoms with van der Waals surface area (Å²) in [4.78, 5) is 26.8. The van der Waals surface area contributed by atoms with Crippen LogP contribution in [0, 0.1) is 0 Å². The Labute approximate surface area is 198 Å². The van der Waals surface area contributed by atoms with Crippen molar-refractivity contribution in [3.05, 3.63) is 97.8 Å². The Morgan fingerprint density at radius 2 is 1.58 bits per heavy atom. The van der Waals surface area contributed by atoms with E-state index >= 15 is 0 Å². The van der Waals surface area contributed by atoms with Gasteiger partial charge in [0.15, 0.2) is 0 Å². The molecule has 8 heteroatoms. The lowest BCUT2D eigenvalue weighted by Gasteiger charge is -2.12. The van der Waals surface area contributed by atoms with Crippen molar-refractivity contribution in [1.82, 2.24) is 0 Å². The molecule has 1 heterocycles. The molecule has 4 nitrogen and oxygen atoms in total. The van der Waals surface area contributed by atoms with Crippen molar-refractivity contribution in [1.29, 1.82) is 0 Å². The van der Waals surface area contributed by atoms with E-state index in [1.807, 2.05) is 18.2 Å². The molecule has 31 heavy (non-hydrogen) atoms. The van der Waals surface area contributed by atoms with Gasteiger partial charge in [0, 0.05) is 20.6 Å². The summed E-state index contributed by atoms with van der Waals surface area (Å²) >= 11 is 19.0. The maximum Gasteiger partial charge on any atom is 0.298 e. The third kappa shape index (κ3) is 5.08. The Bertz CT molecular complexity index is 1210. The first kappa shape index (κ1) is 21.8. The third-order valence-corrected chi connectivity index (χ3v) is 5.98. The van der Waals surface area contributed by atoms with Gasteiger partial charge in [-0.05, 0) is 71.9 Å². The number of thioether (sulfide) groups is 1. The number of ether oxygens (including phenoxy) is 1. The van der Waals surface area contributed by atoms with Gasteiger partial charge in [0.1, 0.15) is 12.4 Å². The highest BCUT2D eigenvalue weighted by molar-refractivity contribution is 8.19. The molecule has 0 atom stereocenters. The molecule has 1 aliphatic heterocycles. The second-order valence-electron chi connectivity index (χ2n) is 6.60. The number of hydrogen-bond acceptors (Lipinski definition) is 4. The minimum Gasteiger partial charge on any atom is -0.488 e. The molecular formula is C23H14Cl3NO3S. The van der Waals surface area contributed by atoms with Gasteiger partial charge in [0.2, 0.25) is 0 Å². The fraction of sp³-hybridized carbons (Fsp3) is 0.0435. The molecule has 156 valence electrons. The zero-order chi connectivity index (χ0) is 22.0. The van der Waals surface area contributed by atoms with Gasteiger partial charge in [-0.25, -0.2) is 4.90 Å². The second kappa shape index (κ2) is 9.37. The van der Waals surface area contributed by atoms with Crippen molar-refractivity contribution in [2.24, 2.45) is 0 Å². The van der Waals surface area contributed by atoms with Gasteiger partial charge in [-0.1, -0.05) is 53.0 Å². The quantitative estimate of drug-likeness (QED) is 0.348. The van der Waals surface area contributed by atoms with Crippen LogP contribution in [0.4, 0.5) is 10.5 Å². The van der Waals surface area contributed by atoms with Crippen LogP contribution in [0.25, 0.3) is 6.08 Å². The highest BCUT2D eigenvalue weighted by Gasteiger charge is 2.36. The van der Waals surface area contributed by atoms with Gasteiger partial charge < -0.3 is 4.74 Å². The fourth-order valence-electron chi connectivity index (χ4n) is 3.00. The van der Waals surface area contributed by atoms with Crippen LogP contribution in [-0.4, -0.2) is 11.1 Å². The Kier molecular flexibility index (Phi) is 6.58. The van der Waals surface area contributed by atoms with Crippen molar-refractivity contribution in [2.45, 2.75) is 6.61 Å². The van der Waals surface area contributed by atoms with Crippen molar-refractivity contribution >= 4 is 69.5 Å².